The first-order chi connectivity index (χ1) is 14.2. The average Bonchev–Trinajstić information content (AvgIpc) is 3.37. The highest BCUT2D eigenvalue weighted by Crippen LogP contribution is 2.23. The molecule has 4 rings (SSSR count). The van der Waals surface area contributed by atoms with Crippen molar-refractivity contribution >= 4 is 5.91 Å². The van der Waals surface area contributed by atoms with Crippen molar-refractivity contribution in [3.63, 3.8) is 0 Å². The van der Waals surface area contributed by atoms with Crippen molar-refractivity contribution in [1.29, 1.82) is 0 Å². The molecule has 0 aliphatic carbocycles. The van der Waals surface area contributed by atoms with E-state index in [0.717, 1.165) is 29.1 Å². The van der Waals surface area contributed by atoms with E-state index in [0.29, 0.717) is 17.8 Å². The van der Waals surface area contributed by atoms with Crippen molar-refractivity contribution in [3.05, 3.63) is 89.9 Å². The fourth-order valence-corrected chi connectivity index (χ4v) is 3.31. The summed E-state index contributed by atoms with van der Waals surface area (Å²) < 4.78 is 3.67. The topological polar surface area (TPSA) is 64.7 Å². The third-order valence-electron chi connectivity index (χ3n) is 4.97. The summed E-state index contributed by atoms with van der Waals surface area (Å²) in [5.74, 6) is -0.158. The SMILES string of the molecule is CCn1ncc(CNC(=O)c2cn(-c3ccccc3)nc2-c2ccccc2)c1C. The number of aryl methyl sites for hydroxylation is 1. The molecule has 4 aromatic rings. The van der Waals surface area contributed by atoms with Crippen LogP contribution in [0.1, 0.15) is 28.5 Å². The summed E-state index contributed by atoms with van der Waals surface area (Å²) >= 11 is 0. The van der Waals surface area contributed by atoms with E-state index in [1.807, 2.05) is 85.4 Å². The molecule has 0 spiro atoms. The van der Waals surface area contributed by atoms with E-state index in [1.54, 1.807) is 10.9 Å². The third-order valence-corrected chi connectivity index (χ3v) is 4.97. The molecule has 2 aromatic heterocycles. The fraction of sp³-hybridized carbons (Fsp3) is 0.174. The Morgan fingerprint density at radius 1 is 1.03 bits per heavy atom. The summed E-state index contributed by atoms with van der Waals surface area (Å²) in [6, 6.07) is 19.6. The van der Waals surface area contributed by atoms with Gasteiger partial charge in [0, 0.05) is 36.1 Å². The molecule has 0 atom stereocenters. The van der Waals surface area contributed by atoms with Gasteiger partial charge in [0.1, 0.15) is 5.69 Å². The maximum Gasteiger partial charge on any atom is 0.255 e. The van der Waals surface area contributed by atoms with Gasteiger partial charge in [-0.3, -0.25) is 9.48 Å². The number of carbonyl (C=O) groups excluding carboxylic acids is 1. The van der Waals surface area contributed by atoms with Gasteiger partial charge in [-0.15, -0.1) is 0 Å². The van der Waals surface area contributed by atoms with E-state index in [-0.39, 0.29) is 5.91 Å². The van der Waals surface area contributed by atoms with Gasteiger partial charge in [-0.25, -0.2) is 4.68 Å². The zero-order valence-corrected chi connectivity index (χ0v) is 16.5. The summed E-state index contributed by atoms with van der Waals surface area (Å²) in [5, 5.41) is 12.1. The van der Waals surface area contributed by atoms with Crippen LogP contribution in [-0.2, 0) is 13.1 Å². The standard InChI is InChI=1S/C23H23N5O/c1-3-27-17(2)19(15-25-27)14-24-23(29)21-16-28(20-12-8-5-9-13-20)26-22(21)18-10-6-4-7-11-18/h4-13,15-16H,3,14H2,1-2H3,(H,24,29). The second kappa shape index (κ2) is 8.14. The van der Waals surface area contributed by atoms with Gasteiger partial charge in [-0.05, 0) is 26.0 Å². The minimum Gasteiger partial charge on any atom is -0.348 e. The Balaban J connectivity index is 1.65. The molecule has 0 saturated heterocycles. The lowest BCUT2D eigenvalue weighted by Gasteiger charge is -2.06. The van der Waals surface area contributed by atoms with Crippen molar-refractivity contribution < 1.29 is 4.79 Å². The van der Waals surface area contributed by atoms with Crippen molar-refractivity contribution in [2.75, 3.05) is 0 Å². The van der Waals surface area contributed by atoms with E-state index in [9.17, 15) is 4.79 Å². The fourth-order valence-electron chi connectivity index (χ4n) is 3.31. The van der Waals surface area contributed by atoms with Gasteiger partial charge < -0.3 is 5.32 Å². The largest absolute Gasteiger partial charge is 0.348 e. The number of benzene rings is 2. The molecule has 6 heteroatoms. The van der Waals surface area contributed by atoms with Crippen LogP contribution in [0.5, 0.6) is 0 Å². The van der Waals surface area contributed by atoms with Crippen LogP contribution in [0.2, 0.25) is 0 Å². The average molecular weight is 385 g/mol. The van der Waals surface area contributed by atoms with Crippen LogP contribution in [-0.4, -0.2) is 25.5 Å². The number of rotatable bonds is 6. The molecule has 0 bridgehead atoms. The van der Waals surface area contributed by atoms with Crippen molar-refractivity contribution in [1.82, 2.24) is 24.9 Å². The van der Waals surface area contributed by atoms with E-state index in [4.69, 9.17) is 5.10 Å². The summed E-state index contributed by atoms with van der Waals surface area (Å²) in [4.78, 5) is 13.1. The van der Waals surface area contributed by atoms with Crippen molar-refractivity contribution in [2.24, 2.45) is 0 Å². The van der Waals surface area contributed by atoms with E-state index < -0.39 is 0 Å². The van der Waals surface area contributed by atoms with Gasteiger partial charge in [0.25, 0.3) is 5.91 Å². The quantitative estimate of drug-likeness (QED) is 0.546. The minimum absolute atomic E-state index is 0.158. The van der Waals surface area contributed by atoms with E-state index in [2.05, 4.69) is 10.4 Å². The molecule has 0 unspecified atom stereocenters. The summed E-state index contributed by atoms with van der Waals surface area (Å²) in [6.45, 7) is 5.30. The van der Waals surface area contributed by atoms with Gasteiger partial charge in [-0.2, -0.15) is 10.2 Å². The molecule has 0 aliphatic heterocycles. The Bertz CT molecular complexity index is 1110. The molecular formula is C23H23N5O. The lowest BCUT2D eigenvalue weighted by atomic mass is 10.1. The molecule has 1 amide bonds. The van der Waals surface area contributed by atoms with Crippen LogP contribution >= 0.6 is 0 Å². The predicted octanol–water partition coefficient (Wildman–Crippen LogP) is 3.99. The lowest BCUT2D eigenvalue weighted by Crippen LogP contribution is -2.23. The number of nitrogens with zero attached hydrogens (tertiary/aromatic N) is 4. The highest BCUT2D eigenvalue weighted by Gasteiger charge is 2.19. The van der Waals surface area contributed by atoms with Crippen LogP contribution in [0.4, 0.5) is 0 Å². The molecule has 29 heavy (non-hydrogen) atoms. The first-order valence-corrected chi connectivity index (χ1v) is 9.67. The molecule has 146 valence electrons. The first-order valence-electron chi connectivity index (χ1n) is 9.67. The molecule has 0 radical (unpaired) electrons. The molecule has 1 N–H and O–H groups in total. The second-order valence-electron chi connectivity index (χ2n) is 6.79. The maximum atomic E-state index is 13.1. The first kappa shape index (κ1) is 18.7. The highest BCUT2D eigenvalue weighted by molar-refractivity contribution is 5.99. The number of para-hydroxylation sites is 1. The molecule has 2 aromatic carbocycles. The van der Waals surface area contributed by atoms with Crippen LogP contribution < -0.4 is 5.32 Å². The lowest BCUT2D eigenvalue weighted by molar-refractivity contribution is 0.0951. The summed E-state index contributed by atoms with van der Waals surface area (Å²) in [7, 11) is 0. The minimum atomic E-state index is -0.158. The second-order valence-corrected chi connectivity index (χ2v) is 6.79. The molecule has 0 fully saturated rings. The Labute approximate surface area is 169 Å². The monoisotopic (exact) mass is 385 g/mol. The van der Waals surface area contributed by atoms with Crippen LogP contribution in [0.25, 0.3) is 16.9 Å². The number of hydrogen-bond donors (Lipinski definition) is 1. The van der Waals surface area contributed by atoms with E-state index >= 15 is 0 Å². The normalized spacial score (nSPS) is 10.8. The predicted molar refractivity (Wildman–Crippen MR) is 113 cm³/mol. The molecule has 0 saturated carbocycles. The van der Waals surface area contributed by atoms with Gasteiger partial charge >= 0.3 is 0 Å². The van der Waals surface area contributed by atoms with Gasteiger partial charge in [-0.1, -0.05) is 48.5 Å². The molecule has 0 aliphatic rings. The van der Waals surface area contributed by atoms with Crippen molar-refractivity contribution in [2.45, 2.75) is 26.9 Å². The zero-order valence-electron chi connectivity index (χ0n) is 16.5. The van der Waals surface area contributed by atoms with Crippen LogP contribution in [0.15, 0.2) is 73.1 Å². The van der Waals surface area contributed by atoms with Gasteiger partial charge in [0.05, 0.1) is 17.4 Å². The number of carbonyl (C=O) groups is 1. The van der Waals surface area contributed by atoms with Gasteiger partial charge in [0.15, 0.2) is 0 Å². The molecule has 6 nitrogen and oxygen atoms in total. The third kappa shape index (κ3) is 3.82. The maximum absolute atomic E-state index is 13.1. The van der Waals surface area contributed by atoms with Gasteiger partial charge in [0.2, 0.25) is 0 Å². The Morgan fingerprint density at radius 2 is 1.72 bits per heavy atom. The zero-order chi connectivity index (χ0) is 20.2. The van der Waals surface area contributed by atoms with Crippen LogP contribution in [0, 0.1) is 6.92 Å². The Hall–Kier alpha value is -3.67. The highest BCUT2D eigenvalue weighted by atomic mass is 16.1. The molecular weight excluding hydrogens is 362 g/mol. The summed E-state index contributed by atoms with van der Waals surface area (Å²) in [6.07, 6.45) is 3.60. The number of amides is 1. The number of aromatic nitrogens is 4. The van der Waals surface area contributed by atoms with Crippen molar-refractivity contribution in [3.8, 4) is 16.9 Å². The van der Waals surface area contributed by atoms with E-state index in [1.165, 1.54) is 0 Å². The number of hydrogen-bond acceptors (Lipinski definition) is 3. The Morgan fingerprint density at radius 3 is 2.38 bits per heavy atom. The summed E-state index contributed by atoms with van der Waals surface area (Å²) in [5.41, 5.74) is 5.09. The van der Waals surface area contributed by atoms with Crippen LogP contribution in [0.3, 0.4) is 0 Å². The Kier molecular flexibility index (Phi) is 5.24. The smallest absolute Gasteiger partial charge is 0.255 e. The number of nitrogens with one attached hydrogen (secondary N) is 1. The molecule has 2 heterocycles.